The normalized spacial score (nSPS) is 6.85. The van der Waals surface area contributed by atoms with Gasteiger partial charge < -0.3 is 16.2 Å². The molecule has 0 aliphatic heterocycles. The van der Waals surface area contributed by atoms with Crippen molar-refractivity contribution in [2.45, 2.75) is 13.8 Å². The number of amides is 2. The molecule has 13 heavy (non-hydrogen) atoms. The number of aliphatic hydroxyl groups is 1. The number of nitrogens with two attached hydrogens (primary N) is 1. The first-order chi connectivity index (χ1) is 5.92. The number of aliphatic hydroxyl groups excluding tert-OH is 1. The van der Waals surface area contributed by atoms with Gasteiger partial charge in [0.2, 0.25) is 0 Å². The molecule has 80 valence electrons. The number of nitrogens with one attached hydrogen (secondary N) is 1. The molecular weight excluding hydrogens is 212 g/mol. The van der Waals surface area contributed by atoms with Crippen molar-refractivity contribution in [3.63, 3.8) is 0 Å². The van der Waals surface area contributed by atoms with E-state index in [4.69, 9.17) is 9.90 Å². The number of hydrogen-bond acceptors (Lipinski definition) is 3. The Morgan fingerprint density at radius 3 is 1.62 bits per heavy atom. The lowest BCUT2D eigenvalue weighted by molar-refractivity contribution is 0.261. The van der Waals surface area contributed by atoms with E-state index in [9.17, 15) is 4.79 Å². The summed E-state index contributed by atoms with van der Waals surface area (Å²) in [6, 6.07) is 0. The molecule has 0 aromatic heterocycles. The van der Waals surface area contributed by atoms with E-state index in [1.54, 1.807) is 6.92 Å². The molecule has 0 saturated heterocycles. The molecule has 0 bridgehead atoms. The van der Waals surface area contributed by atoms with Crippen LogP contribution in [-0.2, 0) is 0 Å². The Kier molecular flexibility index (Phi) is 24.9. The summed E-state index contributed by atoms with van der Waals surface area (Å²) in [5.41, 5.74) is 4.34. The fourth-order valence-corrected chi connectivity index (χ4v) is 0.309. The smallest absolute Gasteiger partial charge is 0.275 e. The summed E-state index contributed by atoms with van der Waals surface area (Å²) in [6.07, 6.45) is 0. The SMILES string of the molecule is CCNC(=O)S.CCO.NC(=O)S. The second kappa shape index (κ2) is 17.6. The number of thiol groups is 2. The van der Waals surface area contributed by atoms with Crippen LogP contribution >= 0.6 is 25.3 Å². The molecule has 2 amide bonds. The van der Waals surface area contributed by atoms with Gasteiger partial charge >= 0.3 is 0 Å². The summed E-state index contributed by atoms with van der Waals surface area (Å²) in [5, 5.41) is 9.10. The average Bonchev–Trinajstić information content (AvgIpc) is 1.86. The molecule has 0 radical (unpaired) electrons. The van der Waals surface area contributed by atoms with Crippen molar-refractivity contribution in [1.82, 2.24) is 5.32 Å². The summed E-state index contributed by atoms with van der Waals surface area (Å²) >= 11 is 6.53. The third-order valence-corrected chi connectivity index (χ3v) is 0.486. The number of carbonyl (C=O) groups excluding carboxylic acids is 2. The second-order valence-corrected chi connectivity index (χ2v) is 2.34. The molecule has 0 atom stereocenters. The van der Waals surface area contributed by atoms with Gasteiger partial charge in [-0.15, -0.1) is 0 Å². The van der Waals surface area contributed by atoms with Crippen molar-refractivity contribution in [3.05, 3.63) is 0 Å². The minimum absolute atomic E-state index is 0.250. The fraction of sp³-hybridized carbons (Fsp3) is 0.667. The number of rotatable bonds is 1. The molecule has 5 nitrogen and oxygen atoms in total. The first-order valence-electron chi connectivity index (χ1n) is 3.48. The van der Waals surface area contributed by atoms with Crippen LogP contribution in [0.25, 0.3) is 0 Å². The Balaban J connectivity index is -0.000000125. The van der Waals surface area contributed by atoms with E-state index in [2.05, 4.69) is 36.3 Å². The van der Waals surface area contributed by atoms with E-state index < -0.39 is 5.24 Å². The van der Waals surface area contributed by atoms with Gasteiger partial charge in [0, 0.05) is 13.2 Å². The number of hydrogen-bond donors (Lipinski definition) is 5. The lowest BCUT2D eigenvalue weighted by atomic mass is 10.8. The van der Waals surface area contributed by atoms with Gasteiger partial charge in [-0.1, -0.05) is 25.3 Å². The summed E-state index contributed by atoms with van der Waals surface area (Å²) in [4.78, 5) is 18.9. The second-order valence-electron chi connectivity index (χ2n) is 1.49. The van der Waals surface area contributed by atoms with Crippen molar-refractivity contribution in [3.8, 4) is 0 Å². The Labute approximate surface area is 88.9 Å². The van der Waals surface area contributed by atoms with Gasteiger partial charge in [-0.05, 0) is 13.8 Å². The third kappa shape index (κ3) is 158. The van der Waals surface area contributed by atoms with Crippen LogP contribution in [0.2, 0.25) is 0 Å². The summed E-state index contributed by atoms with van der Waals surface area (Å²) < 4.78 is 0. The van der Waals surface area contributed by atoms with Crippen LogP contribution in [0.5, 0.6) is 0 Å². The Morgan fingerprint density at radius 1 is 1.38 bits per heavy atom. The maximum Gasteiger partial charge on any atom is 0.275 e. The lowest BCUT2D eigenvalue weighted by Gasteiger charge is -1.87. The van der Waals surface area contributed by atoms with E-state index in [0.29, 0.717) is 6.54 Å². The van der Waals surface area contributed by atoms with Crippen molar-refractivity contribution < 1.29 is 14.7 Å². The number of carbonyl (C=O) groups is 2. The molecule has 0 aromatic carbocycles. The van der Waals surface area contributed by atoms with Gasteiger partial charge in [-0.2, -0.15) is 0 Å². The molecule has 7 heteroatoms. The predicted molar refractivity (Wildman–Crippen MR) is 59.4 cm³/mol. The van der Waals surface area contributed by atoms with Gasteiger partial charge in [-0.25, -0.2) is 0 Å². The van der Waals surface area contributed by atoms with Crippen LogP contribution in [0.15, 0.2) is 0 Å². The van der Waals surface area contributed by atoms with Crippen molar-refractivity contribution >= 4 is 35.7 Å². The monoisotopic (exact) mass is 228 g/mol. The molecule has 0 heterocycles. The molecule has 0 rings (SSSR count). The van der Waals surface area contributed by atoms with Crippen molar-refractivity contribution in [2.24, 2.45) is 5.73 Å². The zero-order valence-electron chi connectivity index (χ0n) is 7.65. The van der Waals surface area contributed by atoms with Gasteiger partial charge in [0.15, 0.2) is 0 Å². The van der Waals surface area contributed by atoms with Crippen LogP contribution < -0.4 is 11.1 Å². The molecule has 0 unspecified atom stereocenters. The topological polar surface area (TPSA) is 92.4 Å². The highest BCUT2D eigenvalue weighted by Gasteiger charge is 1.80. The quantitative estimate of drug-likeness (QED) is 0.426. The summed E-state index contributed by atoms with van der Waals surface area (Å²) in [5.74, 6) is 0. The van der Waals surface area contributed by atoms with Gasteiger partial charge in [0.1, 0.15) is 0 Å². The van der Waals surface area contributed by atoms with Crippen molar-refractivity contribution in [2.75, 3.05) is 13.2 Å². The van der Waals surface area contributed by atoms with E-state index in [1.165, 1.54) is 0 Å². The van der Waals surface area contributed by atoms with Crippen LogP contribution in [-0.4, -0.2) is 28.7 Å². The minimum atomic E-state index is -0.639. The zero-order chi connectivity index (χ0) is 11.3. The molecule has 0 aliphatic carbocycles. The minimum Gasteiger partial charge on any atom is -0.397 e. The van der Waals surface area contributed by atoms with Crippen LogP contribution in [0.1, 0.15) is 13.8 Å². The maximum atomic E-state index is 9.80. The summed E-state index contributed by atoms with van der Waals surface area (Å²) in [6.45, 7) is 4.43. The molecule has 0 spiro atoms. The number of primary amides is 1. The van der Waals surface area contributed by atoms with E-state index in [0.717, 1.165) is 0 Å². The van der Waals surface area contributed by atoms with E-state index >= 15 is 0 Å². The Morgan fingerprint density at radius 2 is 1.62 bits per heavy atom. The van der Waals surface area contributed by atoms with Gasteiger partial charge in [-0.3, -0.25) is 9.59 Å². The van der Waals surface area contributed by atoms with Crippen LogP contribution in [0, 0.1) is 0 Å². The lowest BCUT2D eigenvalue weighted by Crippen LogP contribution is -2.14. The first-order valence-corrected chi connectivity index (χ1v) is 4.37. The Bertz CT molecular complexity index is 129. The van der Waals surface area contributed by atoms with Crippen LogP contribution in [0.3, 0.4) is 0 Å². The standard InChI is InChI=1S/C3H7NOS.C2H6O.CH3NOS/c1-2-4-3(5)6;1-2-3;2-1(3)4/h2H2,1H3,(H2,4,5,6);3H,2H2,1H3;(H3,2,3,4). The molecule has 0 aliphatic rings. The Hall–Kier alpha value is -0.400. The highest BCUT2D eigenvalue weighted by atomic mass is 32.1. The molecule has 0 fully saturated rings. The fourth-order valence-electron chi connectivity index (χ4n) is 0.151. The molecule has 0 saturated carbocycles. The average molecular weight is 228 g/mol. The van der Waals surface area contributed by atoms with Crippen molar-refractivity contribution in [1.29, 1.82) is 0 Å². The first kappa shape index (κ1) is 18.4. The van der Waals surface area contributed by atoms with Crippen LogP contribution in [0.4, 0.5) is 9.59 Å². The molecule has 0 aromatic rings. The largest absolute Gasteiger partial charge is 0.397 e. The van der Waals surface area contributed by atoms with E-state index in [1.807, 2.05) is 6.92 Å². The highest BCUT2D eigenvalue weighted by molar-refractivity contribution is 7.96. The van der Waals surface area contributed by atoms with Gasteiger partial charge in [0.05, 0.1) is 0 Å². The highest BCUT2D eigenvalue weighted by Crippen LogP contribution is 1.70. The third-order valence-electron chi connectivity index (χ3n) is 0.328. The molecular formula is C6H16N2O3S2. The maximum absolute atomic E-state index is 9.80. The summed E-state index contributed by atoms with van der Waals surface area (Å²) in [7, 11) is 0. The predicted octanol–water partition coefficient (Wildman–Crippen LogP) is 0.639. The van der Waals surface area contributed by atoms with Gasteiger partial charge in [0.25, 0.3) is 10.5 Å². The zero-order valence-corrected chi connectivity index (χ0v) is 9.44. The van der Waals surface area contributed by atoms with E-state index in [-0.39, 0.29) is 11.8 Å². The molecule has 4 N–H and O–H groups in total.